The van der Waals surface area contributed by atoms with Gasteiger partial charge < -0.3 is 9.88 Å². The molecule has 0 saturated carbocycles. The number of hydrogen-bond acceptors (Lipinski definition) is 1. The highest BCUT2D eigenvalue weighted by atomic mass is 79.9. The van der Waals surface area contributed by atoms with Crippen molar-refractivity contribution in [2.45, 2.75) is 6.54 Å². The van der Waals surface area contributed by atoms with E-state index in [0.717, 1.165) is 23.2 Å². The van der Waals surface area contributed by atoms with E-state index in [4.69, 9.17) is 0 Å². The number of nitrogens with one attached hydrogen (secondary N) is 1. The second kappa shape index (κ2) is 5.67. The summed E-state index contributed by atoms with van der Waals surface area (Å²) in [4.78, 5) is 0. The van der Waals surface area contributed by atoms with E-state index in [-0.39, 0.29) is 5.82 Å². The van der Waals surface area contributed by atoms with Crippen molar-refractivity contribution < 1.29 is 4.39 Å². The molecule has 0 saturated heterocycles. The molecule has 0 aliphatic carbocycles. The van der Waals surface area contributed by atoms with E-state index < -0.39 is 0 Å². The normalized spacial score (nSPS) is 10.9. The number of fused-ring (bicyclic) bond motifs is 1. The first-order valence-corrected chi connectivity index (χ1v) is 7.25. The van der Waals surface area contributed by atoms with Crippen LogP contribution in [0.4, 0.5) is 10.1 Å². The molecule has 0 unspecified atom stereocenters. The van der Waals surface area contributed by atoms with Crippen molar-refractivity contribution in [3.63, 3.8) is 0 Å². The first kappa shape index (κ1) is 13.2. The quantitative estimate of drug-likeness (QED) is 0.735. The summed E-state index contributed by atoms with van der Waals surface area (Å²) in [6.45, 7) is 1.59. The molecule has 0 spiro atoms. The van der Waals surface area contributed by atoms with E-state index in [9.17, 15) is 4.39 Å². The molecular formula is C16H14BrFN2. The fourth-order valence-electron chi connectivity index (χ4n) is 2.29. The Kier molecular flexibility index (Phi) is 3.74. The van der Waals surface area contributed by atoms with Crippen LogP contribution >= 0.6 is 15.9 Å². The van der Waals surface area contributed by atoms with Crippen LogP contribution in [0.25, 0.3) is 10.9 Å². The fourth-order valence-corrected chi connectivity index (χ4v) is 2.66. The number of anilines is 1. The van der Waals surface area contributed by atoms with Gasteiger partial charge in [0.05, 0.1) is 0 Å². The Morgan fingerprint density at radius 2 is 2.00 bits per heavy atom. The molecule has 2 aromatic carbocycles. The Morgan fingerprint density at radius 3 is 2.85 bits per heavy atom. The van der Waals surface area contributed by atoms with Crippen LogP contribution in [0.1, 0.15) is 0 Å². The van der Waals surface area contributed by atoms with Crippen molar-refractivity contribution in [2.24, 2.45) is 0 Å². The van der Waals surface area contributed by atoms with Crippen LogP contribution in [0, 0.1) is 5.82 Å². The fraction of sp³-hybridized carbons (Fsp3) is 0.125. The van der Waals surface area contributed by atoms with E-state index in [1.54, 1.807) is 6.07 Å². The first-order chi connectivity index (χ1) is 9.72. The predicted octanol–water partition coefficient (Wildman–Crippen LogP) is 4.66. The maximum atomic E-state index is 13.1. The van der Waals surface area contributed by atoms with Gasteiger partial charge in [0.1, 0.15) is 5.82 Å². The lowest BCUT2D eigenvalue weighted by Crippen LogP contribution is -2.09. The number of nitrogens with zero attached hydrogens (tertiary/aromatic N) is 1. The third-order valence-corrected chi connectivity index (χ3v) is 3.73. The Labute approximate surface area is 125 Å². The van der Waals surface area contributed by atoms with E-state index in [2.05, 4.69) is 50.2 Å². The standard InChI is InChI=1S/C16H14BrFN2/c17-13-4-5-16-12(10-13)6-8-20(16)9-7-19-15-3-1-2-14(18)11-15/h1-6,8,10-11,19H,7,9H2. The topological polar surface area (TPSA) is 17.0 Å². The van der Waals surface area contributed by atoms with Crippen LogP contribution in [-0.4, -0.2) is 11.1 Å². The van der Waals surface area contributed by atoms with Gasteiger partial charge in [-0.05, 0) is 42.5 Å². The highest BCUT2D eigenvalue weighted by molar-refractivity contribution is 9.10. The molecule has 1 aromatic heterocycles. The van der Waals surface area contributed by atoms with Crippen LogP contribution in [0.5, 0.6) is 0 Å². The van der Waals surface area contributed by atoms with Gasteiger partial charge in [0, 0.05) is 40.3 Å². The lowest BCUT2D eigenvalue weighted by atomic mass is 10.2. The van der Waals surface area contributed by atoms with Crippen molar-refractivity contribution in [3.05, 3.63) is 65.0 Å². The van der Waals surface area contributed by atoms with E-state index in [1.165, 1.54) is 23.0 Å². The summed E-state index contributed by atoms with van der Waals surface area (Å²) in [5, 5.41) is 4.44. The van der Waals surface area contributed by atoms with Crippen molar-refractivity contribution >= 4 is 32.5 Å². The molecule has 0 aliphatic rings. The molecule has 1 N–H and O–H groups in total. The van der Waals surface area contributed by atoms with Crippen LogP contribution in [0.2, 0.25) is 0 Å². The van der Waals surface area contributed by atoms with E-state index in [0.29, 0.717) is 0 Å². The Hall–Kier alpha value is -1.81. The third kappa shape index (κ3) is 2.85. The van der Waals surface area contributed by atoms with E-state index in [1.807, 2.05) is 12.1 Å². The highest BCUT2D eigenvalue weighted by Crippen LogP contribution is 2.20. The lowest BCUT2D eigenvalue weighted by molar-refractivity contribution is 0.628. The summed E-state index contributed by atoms with van der Waals surface area (Å²) in [6, 6.07) is 14.9. The maximum Gasteiger partial charge on any atom is 0.125 e. The van der Waals surface area contributed by atoms with Gasteiger partial charge in [-0.1, -0.05) is 22.0 Å². The smallest absolute Gasteiger partial charge is 0.125 e. The number of benzene rings is 2. The molecule has 4 heteroatoms. The summed E-state index contributed by atoms with van der Waals surface area (Å²) in [5.41, 5.74) is 2.01. The Balaban J connectivity index is 1.68. The average Bonchev–Trinajstić information content (AvgIpc) is 2.81. The van der Waals surface area contributed by atoms with Gasteiger partial charge >= 0.3 is 0 Å². The van der Waals surface area contributed by atoms with Crippen LogP contribution in [0.15, 0.2) is 59.2 Å². The molecule has 0 atom stereocenters. The molecule has 102 valence electrons. The SMILES string of the molecule is Fc1cccc(NCCn2ccc3cc(Br)ccc32)c1. The minimum absolute atomic E-state index is 0.216. The average molecular weight is 333 g/mol. The summed E-state index contributed by atoms with van der Waals surface area (Å²) >= 11 is 3.47. The zero-order chi connectivity index (χ0) is 13.9. The molecule has 0 radical (unpaired) electrons. The second-order valence-corrected chi connectivity index (χ2v) is 5.57. The van der Waals surface area contributed by atoms with Gasteiger partial charge in [-0.15, -0.1) is 0 Å². The summed E-state index contributed by atoms with van der Waals surface area (Å²) in [7, 11) is 0. The summed E-state index contributed by atoms with van der Waals surface area (Å²) in [6.07, 6.45) is 2.07. The molecule has 2 nitrogen and oxygen atoms in total. The predicted molar refractivity (Wildman–Crippen MR) is 84.5 cm³/mol. The monoisotopic (exact) mass is 332 g/mol. The molecule has 1 heterocycles. The lowest BCUT2D eigenvalue weighted by Gasteiger charge is -2.08. The molecule has 0 fully saturated rings. The van der Waals surface area contributed by atoms with Crippen LogP contribution < -0.4 is 5.32 Å². The molecule has 0 bridgehead atoms. The van der Waals surface area contributed by atoms with Gasteiger partial charge in [-0.2, -0.15) is 0 Å². The van der Waals surface area contributed by atoms with Gasteiger partial charge in [0.15, 0.2) is 0 Å². The largest absolute Gasteiger partial charge is 0.383 e. The highest BCUT2D eigenvalue weighted by Gasteiger charge is 2.01. The molecule has 3 aromatic rings. The number of rotatable bonds is 4. The zero-order valence-corrected chi connectivity index (χ0v) is 12.4. The van der Waals surface area contributed by atoms with Crippen molar-refractivity contribution in [2.75, 3.05) is 11.9 Å². The third-order valence-electron chi connectivity index (χ3n) is 3.24. The first-order valence-electron chi connectivity index (χ1n) is 6.46. The van der Waals surface area contributed by atoms with Crippen molar-refractivity contribution in [3.8, 4) is 0 Å². The summed E-state index contributed by atoms with van der Waals surface area (Å²) < 4.78 is 16.3. The van der Waals surface area contributed by atoms with Crippen LogP contribution in [0.3, 0.4) is 0 Å². The maximum absolute atomic E-state index is 13.1. The Bertz CT molecular complexity index is 736. The number of halogens is 2. The second-order valence-electron chi connectivity index (χ2n) is 4.65. The minimum atomic E-state index is -0.216. The van der Waals surface area contributed by atoms with Crippen LogP contribution in [-0.2, 0) is 6.54 Å². The number of aromatic nitrogens is 1. The number of hydrogen-bond donors (Lipinski definition) is 1. The summed E-state index contributed by atoms with van der Waals surface area (Å²) in [5.74, 6) is -0.216. The molecular weight excluding hydrogens is 319 g/mol. The van der Waals surface area contributed by atoms with Gasteiger partial charge in [0.2, 0.25) is 0 Å². The Morgan fingerprint density at radius 1 is 1.10 bits per heavy atom. The zero-order valence-electron chi connectivity index (χ0n) is 10.8. The van der Waals surface area contributed by atoms with Crippen molar-refractivity contribution in [1.29, 1.82) is 0 Å². The van der Waals surface area contributed by atoms with Crippen molar-refractivity contribution in [1.82, 2.24) is 4.57 Å². The molecule has 0 aliphatic heterocycles. The van der Waals surface area contributed by atoms with Gasteiger partial charge in [-0.3, -0.25) is 0 Å². The molecule has 20 heavy (non-hydrogen) atoms. The minimum Gasteiger partial charge on any atom is -0.383 e. The molecule has 0 amide bonds. The van der Waals surface area contributed by atoms with E-state index >= 15 is 0 Å². The molecule has 3 rings (SSSR count). The van der Waals surface area contributed by atoms with Gasteiger partial charge in [0.25, 0.3) is 0 Å². The van der Waals surface area contributed by atoms with Gasteiger partial charge in [-0.25, -0.2) is 4.39 Å².